The van der Waals surface area contributed by atoms with Crippen LogP contribution in [-0.2, 0) is 16.1 Å². The van der Waals surface area contributed by atoms with Crippen molar-refractivity contribution in [3.63, 3.8) is 0 Å². The standard InChI is InChI=1S/C13H21N3O3/c1-5-15(10(3)7-13(18)19)12(17)8-16-11(4)6-9(2)14-16/h6,10H,5,7-8H2,1-4H3,(H,18,19). The number of hydrogen-bond donors (Lipinski definition) is 1. The zero-order chi connectivity index (χ0) is 14.6. The van der Waals surface area contributed by atoms with Crippen LogP contribution in [0.15, 0.2) is 6.07 Å². The quantitative estimate of drug-likeness (QED) is 0.840. The minimum atomic E-state index is -0.898. The molecule has 0 spiro atoms. The highest BCUT2D eigenvalue weighted by atomic mass is 16.4. The second kappa shape index (κ2) is 6.36. The van der Waals surface area contributed by atoms with Gasteiger partial charge in [0.1, 0.15) is 6.54 Å². The first-order valence-corrected chi connectivity index (χ1v) is 6.37. The Morgan fingerprint density at radius 1 is 1.47 bits per heavy atom. The van der Waals surface area contributed by atoms with Crippen LogP contribution in [0.2, 0.25) is 0 Å². The second-order valence-corrected chi connectivity index (χ2v) is 4.71. The Morgan fingerprint density at radius 3 is 2.53 bits per heavy atom. The van der Waals surface area contributed by atoms with Crippen LogP contribution in [0.4, 0.5) is 0 Å². The Hall–Kier alpha value is -1.85. The molecule has 6 heteroatoms. The molecular formula is C13H21N3O3. The number of carbonyl (C=O) groups is 2. The normalized spacial score (nSPS) is 12.2. The van der Waals surface area contributed by atoms with Gasteiger partial charge in [0.25, 0.3) is 0 Å². The number of carboxylic acids is 1. The van der Waals surface area contributed by atoms with E-state index in [4.69, 9.17) is 5.11 Å². The largest absolute Gasteiger partial charge is 0.481 e. The molecule has 0 aliphatic heterocycles. The van der Waals surface area contributed by atoms with Crippen molar-refractivity contribution in [3.05, 3.63) is 17.5 Å². The molecule has 0 aromatic carbocycles. The maximum Gasteiger partial charge on any atom is 0.305 e. The van der Waals surface area contributed by atoms with Gasteiger partial charge in [0.2, 0.25) is 5.91 Å². The van der Waals surface area contributed by atoms with Gasteiger partial charge in [0, 0.05) is 18.3 Å². The van der Waals surface area contributed by atoms with Gasteiger partial charge in [0.15, 0.2) is 0 Å². The van der Waals surface area contributed by atoms with Crippen molar-refractivity contribution < 1.29 is 14.7 Å². The number of carboxylic acid groups (broad SMARTS) is 1. The van der Waals surface area contributed by atoms with Crippen LogP contribution in [0, 0.1) is 13.8 Å². The Balaban J connectivity index is 2.74. The number of hydrogen-bond acceptors (Lipinski definition) is 3. The van der Waals surface area contributed by atoms with Crippen molar-refractivity contribution in [2.24, 2.45) is 0 Å². The van der Waals surface area contributed by atoms with Crippen LogP contribution >= 0.6 is 0 Å². The summed E-state index contributed by atoms with van der Waals surface area (Å²) in [6.07, 6.45) is -0.0449. The summed E-state index contributed by atoms with van der Waals surface area (Å²) in [5.41, 5.74) is 1.79. The smallest absolute Gasteiger partial charge is 0.305 e. The predicted molar refractivity (Wildman–Crippen MR) is 70.8 cm³/mol. The third-order valence-electron chi connectivity index (χ3n) is 3.05. The molecule has 6 nitrogen and oxygen atoms in total. The van der Waals surface area contributed by atoms with Crippen LogP contribution in [0.5, 0.6) is 0 Å². The fourth-order valence-corrected chi connectivity index (χ4v) is 2.15. The lowest BCUT2D eigenvalue weighted by molar-refractivity contribution is -0.140. The first-order valence-electron chi connectivity index (χ1n) is 6.37. The topological polar surface area (TPSA) is 75.4 Å². The lowest BCUT2D eigenvalue weighted by atomic mass is 10.2. The van der Waals surface area contributed by atoms with Gasteiger partial charge in [-0.2, -0.15) is 5.10 Å². The van der Waals surface area contributed by atoms with E-state index in [-0.39, 0.29) is 24.9 Å². The zero-order valence-corrected chi connectivity index (χ0v) is 11.9. The van der Waals surface area contributed by atoms with E-state index in [1.165, 1.54) is 0 Å². The van der Waals surface area contributed by atoms with E-state index in [9.17, 15) is 9.59 Å². The molecule has 0 aliphatic rings. The highest BCUT2D eigenvalue weighted by Crippen LogP contribution is 2.07. The summed E-state index contributed by atoms with van der Waals surface area (Å²) < 4.78 is 1.65. The third kappa shape index (κ3) is 4.08. The molecule has 1 N–H and O–H groups in total. The molecule has 19 heavy (non-hydrogen) atoms. The first kappa shape index (κ1) is 15.2. The summed E-state index contributed by atoms with van der Waals surface area (Å²) in [5.74, 6) is -1.01. The molecule has 0 radical (unpaired) electrons. The van der Waals surface area contributed by atoms with Gasteiger partial charge in [-0.1, -0.05) is 0 Å². The van der Waals surface area contributed by atoms with E-state index < -0.39 is 5.97 Å². The maximum absolute atomic E-state index is 12.2. The number of rotatable bonds is 6. The zero-order valence-electron chi connectivity index (χ0n) is 11.9. The number of nitrogens with zero attached hydrogens (tertiary/aromatic N) is 3. The lowest BCUT2D eigenvalue weighted by Crippen LogP contribution is -2.41. The van der Waals surface area contributed by atoms with Crippen molar-refractivity contribution in [2.75, 3.05) is 6.54 Å². The second-order valence-electron chi connectivity index (χ2n) is 4.71. The molecule has 0 fully saturated rings. The monoisotopic (exact) mass is 267 g/mol. The molecule has 1 aromatic heterocycles. The molecule has 0 saturated heterocycles. The molecule has 106 valence electrons. The van der Waals surface area contributed by atoms with Crippen molar-refractivity contribution >= 4 is 11.9 Å². The molecule has 1 rings (SSSR count). The van der Waals surface area contributed by atoms with Crippen LogP contribution in [-0.4, -0.2) is 44.3 Å². The first-order chi connectivity index (χ1) is 8.85. The Morgan fingerprint density at radius 2 is 2.11 bits per heavy atom. The van der Waals surface area contributed by atoms with E-state index in [2.05, 4.69) is 5.10 Å². The Labute approximate surface area is 113 Å². The summed E-state index contributed by atoms with van der Waals surface area (Å²) >= 11 is 0. The van der Waals surface area contributed by atoms with Crippen LogP contribution in [0.1, 0.15) is 31.7 Å². The summed E-state index contributed by atoms with van der Waals surface area (Å²) in [5, 5.41) is 13.0. The van der Waals surface area contributed by atoms with Gasteiger partial charge >= 0.3 is 5.97 Å². The average Bonchev–Trinajstić information content (AvgIpc) is 2.57. The maximum atomic E-state index is 12.2. The number of aliphatic carboxylic acids is 1. The number of carbonyl (C=O) groups excluding carboxylic acids is 1. The molecule has 1 unspecified atom stereocenters. The Bertz CT molecular complexity index is 468. The lowest BCUT2D eigenvalue weighted by Gasteiger charge is -2.27. The fourth-order valence-electron chi connectivity index (χ4n) is 2.15. The SMILES string of the molecule is CCN(C(=O)Cn1nc(C)cc1C)C(C)CC(=O)O. The van der Waals surface area contributed by atoms with Gasteiger partial charge < -0.3 is 10.0 Å². The molecule has 0 aliphatic carbocycles. The predicted octanol–water partition coefficient (Wildman–Crippen LogP) is 1.21. The summed E-state index contributed by atoms with van der Waals surface area (Å²) in [4.78, 5) is 24.5. The summed E-state index contributed by atoms with van der Waals surface area (Å²) in [7, 11) is 0. The minimum absolute atomic E-state index is 0.0449. The summed E-state index contributed by atoms with van der Waals surface area (Å²) in [6.45, 7) is 8.00. The fraction of sp³-hybridized carbons (Fsp3) is 0.615. The van der Waals surface area contributed by atoms with Gasteiger partial charge in [-0.15, -0.1) is 0 Å². The highest BCUT2D eigenvalue weighted by molar-refractivity contribution is 5.77. The molecule has 0 saturated carbocycles. The Kier molecular flexibility index (Phi) is 5.09. The van der Waals surface area contributed by atoms with Gasteiger partial charge in [0.05, 0.1) is 12.1 Å². The van der Waals surface area contributed by atoms with Crippen LogP contribution in [0.3, 0.4) is 0 Å². The average molecular weight is 267 g/mol. The van der Waals surface area contributed by atoms with Gasteiger partial charge in [-0.05, 0) is 33.8 Å². The third-order valence-corrected chi connectivity index (χ3v) is 3.05. The van der Waals surface area contributed by atoms with E-state index in [0.29, 0.717) is 6.54 Å². The molecule has 1 amide bonds. The van der Waals surface area contributed by atoms with Crippen molar-refractivity contribution in [1.29, 1.82) is 0 Å². The van der Waals surface area contributed by atoms with E-state index in [1.54, 1.807) is 16.5 Å². The number of amides is 1. The van der Waals surface area contributed by atoms with Crippen molar-refractivity contribution in [2.45, 2.75) is 46.7 Å². The van der Waals surface area contributed by atoms with Crippen LogP contribution < -0.4 is 0 Å². The number of aromatic nitrogens is 2. The number of likely N-dealkylation sites (N-methyl/N-ethyl adjacent to an activating group) is 1. The summed E-state index contributed by atoms with van der Waals surface area (Å²) in [6, 6.07) is 1.59. The van der Waals surface area contributed by atoms with E-state index in [1.807, 2.05) is 26.8 Å². The van der Waals surface area contributed by atoms with E-state index in [0.717, 1.165) is 11.4 Å². The van der Waals surface area contributed by atoms with Gasteiger partial charge in [-0.25, -0.2) is 0 Å². The van der Waals surface area contributed by atoms with Gasteiger partial charge in [-0.3, -0.25) is 14.3 Å². The highest BCUT2D eigenvalue weighted by Gasteiger charge is 2.21. The van der Waals surface area contributed by atoms with E-state index >= 15 is 0 Å². The molecule has 1 aromatic rings. The van der Waals surface area contributed by atoms with Crippen LogP contribution in [0.25, 0.3) is 0 Å². The molecule has 1 atom stereocenters. The van der Waals surface area contributed by atoms with Crippen molar-refractivity contribution in [1.82, 2.24) is 14.7 Å². The molecular weight excluding hydrogens is 246 g/mol. The minimum Gasteiger partial charge on any atom is -0.481 e. The molecule has 0 bridgehead atoms. The number of aryl methyl sites for hydroxylation is 2. The van der Waals surface area contributed by atoms with Crippen molar-refractivity contribution in [3.8, 4) is 0 Å². The molecule has 1 heterocycles.